The van der Waals surface area contributed by atoms with Gasteiger partial charge in [-0.1, -0.05) is 8.44 Å². The van der Waals surface area contributed by atoms with Crippen LogP contribution in [-0.2, 0) is 0 Å². The van der Waals surface area contributed by atoms with Crippen molar-refractivity contribution in [2.24, 2.45) is 0 Å². The second kappa shape index (κ2) is 2.06. The van der Waals surface area contributed by atoms with Gasteiger partial charge in [-0.05, 0) is 11.8 Å². The maximum atomic E-state index is 3.25. The highest BCUT2D eigenvalue weighted by Crippen LogP contribution is 2.19. The normalized spacial score (nSPS) is 33.2. The second-order valence-electron chi connectivity index (χ2n) is 1.22. The summed E-state index contributed by atoms with van der Waals surface area (Å²) in [6, 6.07) is 0. The van der Waals surface area contributed by atoms with E-state index in [4.69, 9.17) is 0 Å². The molecule has 0 saturated heterocycles. The molecule has 36 valence electrons. The summed E-state index contributed by atoms with van der Waals surface area (Å²) >= 11 is 0. The lowest BCUT2D eigenvalue weighted by atomic mass is 10.5. The fourth-order valence-electron chi connectivity index (χ4n) is 0.422. The van der Waals surface area contributed by atoms with E-state index >= 15 is 0 Å². The average molecular weight is 121 g/mol. The highest BCUT2D eigenvalue weighted by molar-refractivity contribution is 8.53. The molecule has 2 atom stereocenters. The Labute approximate surface area is 42.5 Å². The largest absolute Gasteiger partial charge is 0.267 e. The van der Waals surface area contributed by atoms with E-state index in [9.17, 15) is 0 Å². The molecule has 0 aromatic rings. The van der Waals surface area contributed by atoms with Gasteiger partial charge in [-0.25, -0.2) is 0 Å². The molecule has 0 fully saturated rings. The standard InChI is InChI=1S/C3H8NPS/c5-6-3-1-2-4-6/h3-4H,1-2,5H2. The second-order valence-corrected chi connectivity index (χ2v) is 4.11. The maximum Gasteiger partial charge on any atom is 0.00965 e. The monoisotopic (exact) mass is 121 g/mol. The van der Waals surface area contributed by atoms with Crippen molar-refractivity contribution in [2.45, 2.75) is 6.42 Å². The van der Waals surface area contributed by atoms with Crippen molar-refractivity contribution in [1.82, 2.24) is 4.72 Å². The van der Waals surface area contributed by atoms with Crippen LogP contribution in [0.4, 0.5) is 0 Å². The minimum atomic E-state index is 0.369. The van der Waals surface area contributed by atoms with Crippen molar-refractivity contribution < 1.29 is 0 Å². The van der Waals surface area contributed by atoms with Gasteiger partial charge in [-0.2, -0.15) is 0 Å². The van der Waals surface area contributed by atoms with Gasteiger partial charge in [-0.3, -0.25) is 4.72 Å². The smallest absolute Gasteiger partial charge is 0.00965 e. The van der Waals surface area contributed by atoms with Gasteiger partial charge in [0.1, 0.15) is 0 Å². The van der Waals surface area contributed by atoms with Crippen molar-refractivity contribution in [3.8, 4) is 0 Å². The summed E-state index contributed by atoms with van der Waals surface area (Å²) < 4.78 is 3.25. The first-order valence-electron chi connectivity index (χ1n) is 1.94. The molecule has 1 N–H and O–H groups in total. The average Bonchev–Trinajstić information content (AvgIpc) is 1.86. The SMILES string of the molecule is PS1=CCCN1. The summed E-state index contributed by atoms with van der Waals surface area (Å²) in [4.78, 5) is 0. The zero-order valence-corrected chi connectivity index (χ0v) is 5.45. The lowest BCUT2D eigenvalue weighted by Crippen LogP contribution is -1.95. The molecule has 0 bridgehead atoms. The Kier molecular flexibility index (Phi) is 1.63. The van der Waals surface area contributed by atoms with Gasteiger partial charge in [0.15, 0.2) is 0 Å². The number of hydrogen-bond donors (Lipinski definition) is 1. The van der Waals surface area contributed by atoms with E-state index in [1.54, 1.807) is 0 Å². The first-order chi connectivity index (χ1) is 2.89. The van der Waals surface area contributed by atoms with E-state index in [0.29, 0.717) is 10.3 Å². The lowest BCUT2D eigenvalue weighted by molar-refractivity contribution is 1.00. The maximum absolute atomic E-state index is 3.25. The van der Waals surface area contributed by atoms with Gasteiger partial charge < -0.3 is 0 Å². The zero-order chi connectivity index (χ0) is 4.41. The highest BCUT2D eigenvalue weighted by Gasteiger charge is 1.91. The van der Waals surface area contributed by atoms with Crippen LogP contribution in [0.1, 0.15) is 6.42 Å². The third kappa shape index (κ3) is 1.04. The van der Waals surface area contributed by atoms with Crippen LogP contribution in [0.3, 0.4) is 0 Å². The third-order valence-corrected chi connectivity index (χ3v) is 2.92. The van der Waals surface area contributed by atoms with Crippen LogP contribution < -0.4 is 4.72 Å². The predicted octanol–water partition coefficient (Wildman–Crippen LogP) is 0.756. The van der Waals surface area contributed by atoms with Crippen LogP contribution in [0.2, 0.25) is 0 Å². The molecule has 1 heterocycles. The molecular weight excluding hydrogens is 113 g/mol. The molecule has 0 spiro atoms. The van der Waals surface area contributed by atoms with Crippen molar-refractivity contribution in [2.75, 3.05) is 6.54 Å². The molecule has 1 rings (SSSR count). The van der Waals surface area contributed by atoms with E-state index in [0.717, 1.165) is 0 Å². The first-order valence-corrected chi connectivity index (χ1v) is 4.70. The lowest BCUT2D eigenvalue weighted by Gasteiger charge is -1.88. The summed E-state index contributed by atoms with van der Waals surface area (Å²) in [5, 5.41) is 2.28. The van der Waals surface area contributed by atoms with E-state index in [1.807, 2.05) is 0 Å². The summed E-state index contributed by atoms with van der Waals surface area (Å²) in [5.74, 6) is 0. The van der Waals surface area contributed by atoms with Crippen molar-refractivity contribution in [3.63, 3.8) is 0 Å². The van der Waals surface area contributed by atoms with Crippen LogP contribution in [0.25, 0.3) is 0 Å². The molecule has 2 unspecified atom stereocenters. The van der Waals surface area contributed by atoms with Crippen molar-refractivity contribution in [1.29, 1.82) is 0 Å². The Hall–Kier alpha value is 0.610. The van der Waals surface area contributed by atoms with Gasteiger partial charge in [0.05, 0.1) is 0 Å². The van der Waals surface area contributed by atoms with Gasteiger partial charge in [0.2, 0.25) is 0 Å². The summed E-state index contributed by atoms with van der Waals surface area (Å²) in [7, 11) is 3.10. The van der Waals surface area contributed by atoms with Crippen LogP contribution in [-0.4, -0.2) is 11.9 Å². The van der Waals surface area contributed by atoms with Gasteiger partial charge in [0, 0.05) is 6.54 Å². The van der Waals surface area contributed by atoms with Gasteiger partial charge >= 0.3 is 0 Å². The quantitative estimate of drug-likeness (QED) is 0.368. The number of nitrogens with one attached hydrogen (secondary N) is 1. The van der Waals surface area contributed by atoms with Gasteiger partial charge in [-0.15, -0.1) is 10.3 Å². The van der Waals surface area contributed by atoms with Gasteiger partial charge in [0.25, 0.3) is 0 Å². The molecule has 0 amide bonds. The zero-order valence-electron chi connectivity index (χ0n) is 3.48. The van der Waals surface area contributed by atoms with Crippen molar-refractivity contribution in [3.05, 3.63) is 0 Å². The van der Waals surface area contributed by atoms with E-state index < -0.39 is 0 Å². The van der Waals surface area contributed by atoms with E-state index in [-0.39, 0.29) is 0 Å². The minimum absolute atomic E-state index is 0.369. The Morgan fingerprint density at radius 2 is 2.67 bits per heavy atom. The summed E-state index contributed by atoms with van der Waals surface area (Å²) in [6.45, 7) is 1.17. The fourth-order valence-corrected chi connectivity index (χ4v) is 2.03. The molecule has 0 aromatic carbocycles. The van der Waals surface area contributed by atoms with Crippen LogP contribution in [0.15, 0.2) is 0 Å². The fraction of sp³-hybridized carbons (Fsp3) is 0.667. The Morgan fingerprint density at radius 1 is 1.83 bits per heavy atom. The number of hydrogen-bond acceptors (Lipinski definition) is 1. The van der Waals surface area contributed by atoms with E-state index in [2.05, 4.69) is 18.5 Å². The number of rotatable bonds is 0. The highest BCUT2D eigenvalue weighted by atomic mass is 32.7. The van der Waals surface area contributed by atoms with Crippen LogP contribution in [0, 0.1) is 0 Å². The molecule has 0 radical (unpaired) electrons. The Morgan fingerprint density at radius 3 is 2.83 bits per heavy atom. The molecule has 1 aliphatic heterocycles. The molecule has 0 aliphatic carbocycles. The Bertz CT molecular complexity index is 80.9. The molecule has 0 saturated carbocycles. The predicted molar refractivity (Wildman–Crippen MR) is 36.0 cm³/mol. The third-order valence-electron chi connectivity index (χ3n) is 0.710. The first kappa shape index (κ1) is 4.76. The van der Waals surface area contributed by atoms with Crippen LogP contribution >= 0.6 is 18.7 Å². The topological polar surface area (TPSA) is 12.0 Å². The Balaban J connectivity index is 2.45. The summed E-state index contributed by atoms with van der Waals surface area (Å²) in [5.41, 5.74) is 0. The van der Waals surface area contributed by atoms with E-state index in [1.165, 1.54) is 13.0 Å². The molecule has 1 nitrogen and oxygen atoms in total. The molecule has 0 aromatic heterocycles. The minimum Gasteiger partial charge on any atom is -0.267 e. The molecule has 1 aliphatic rings. The summed E-state index contributed by atoms with van der Waals surface area (Å²) in [6.07, 6.45) is 1.24. The van der Waals surface area contributed by atoms with Crippen LogP contribution in [0.5, 0.6) is 0 Å². The molecule has 3 heteroatoms. The molecule has 6 heavy (non-hydrogen) atoms. The van der Waals surface area contributed by atoms with Crippen molar-refractivity contribution >= 4 is 24.1 Å². The molecular formula is C3H8NPS.